The molecule has 0 unspecified atom stereocenters. The Morgan fingerprint density at radius 1 is 1.10 bits per heavy atom. The Labute approximate surface area is 172 Å². The molecular weight excluding hydrogens is 364 g/mol. The van der Waals surface area contributed by atoms with Crippen molar-refractivity contribution in [2.24, 2.45) is 5.92 Å². The average Bonchev–Trinajstić information content (AvgIpc) is 2.74. The number of hydrogen-bond acceptors (Lipinski definition) is 4. The fourth-order valence-electron chi connectivity index (χ4n) is 3.47. The van der Waals surface area contributed by atoms with Gasteiger partial charge < -0.3 is 15.1 Å². The third-order valence-electron chi connectivity index (χ3n) is 5.52. The predicted molar refractivity (Wildman–Crippen MR) is 116 cm³/mol. The lowest BCUT2D eigenvalue weighted by molar-refractivity contribution is -0.133. The van der Waals surface area contributed by atoms with Crippen LogP contribution in [0.5, 0.6) is 0 Å². The molecule has 3 rings (SSSR count). The molecule has 154 valence electrons. The molecule has 29 heavy (non-hydrogen) atoms. The van der Waals surface area contributed by atoms with Gasteiger partial charge in [-0.2, -0.15) is 0 Å². The fourth-order valence-corrected chi connectivity index (χ4v) is 3.47. The highest BCUT2D eigenvalue weighted by Gasteiger charge is 2.17. The van der Waals surface area contributed by atoms with Gasteiger partial charge in [-0.1, -0.05) is 6.92 Å². The Morgan fingerprint density at radius 2 is 1.76 bits per heavy atom. The molecule has 1 saturated heterocycles. The number of rotatable bonds is 7. The van der Waals surface area contributed by atoms with E-state index in [9.17, 15) is 9.59 Å². The van der Waals surface area contributed by atoms with Crippen molar-refractivity contribution in [2.75, 3.05) is 36.9 Å². The first-order valence-corrected chi connectivity index (χ1v) is 10.3. The van der Waals surface area contributed by atoms with Gasteiger partial charge in [0, 0.05) is 50.5 Å². The third kappa shape index (κ3) is 6.31. The van der Waals surface area contributed by atoms with Crippen LogP contribution < -0.4 is 10.2 Å². The second-order valence-electron chi connectivity index (χ2n) is 7.86. The molecule has 1 aliphatic rings. The van der Waals surface area contributed by atoms with Crippen LogP contribution in [0, 0.1) is 5.92 Å². The maximum Gasteiger partial charge on any atom is 0.233 e. The van der Waals surface area contributed by atoms with E-state index >= 15 is 0 Å². The standard InChI is InChI=1S/C23H30N4O2/c1-18-9-15-27(16-10-18)21-5-3-20(4-6-21)25-22(28)17-23(29)26(2)14-11-19-7-12-24-13-8-19/h3-8,12-13,18H,9-11,14-17H2,1-2H3,(H,25,28). The Balaban J connectivity index is 1.44. The van der Waals surface area contributed by atoms with Crippen LogP contribution in [-0.4, -0.2) is 48.4 Å². The van der Waals surface area contributed by atoms with Crippen molar-refractivity contribution in [3.63, 3.8) is 0 Å². The van der Waals surface area contributed by atoms with Gasteiger partial charge in [0.05, 0.1) is 0 Å². The second-order valence-corrected chi connectivity index (χ2v) is 7.86. The summed E-state index contributed by atoms with van der Waals surface area (Å²) in [5.74, 6) is 0.325. The molecule has 1 aromatic heterocycles. The lowest BCUT2D eigenvalue weighted by atomic mass is 9.99. The van der Waals surface area contributed by atoms with Crippen molar-refractivity contribution in [3.05, 3.63) is 54.4 Å². The molecule has 0 spiro atoms. The molecule has 6 nitrogen and oxygen atoms in total. The highest BCUT2D eigenvalue weighted by atomic mass is 16.2. The largest absolute Gasteiger partial charge is 0.372 e. The van der Waals surface area contributed by atoms with Gasteiger partial charge in [0.2, 0.25) is 11.8 Å². The first-order chi connectivity index (χ1) is 14.0. The molecule has 2 heterocycles. The molecule has 2 amide bonds. The Hall–Kier alpha value is -2.89. The molecule has 1 N–H and O–H groups in total. The van der Waals surface area contributed by atoms with E-state index in [1.165, 1.54) is 18.5 Å². The van der Waals surface area contributed by atoms with Crippen LogP contribution in [0.4, 0.5) is 11.4 Å². The summed E-state index contributed by atoms with van der Waals surface area (Å²) in [5.41, 5.74) is 3.02. The van der Waals surface area contributed by atoms with E-state index in [4.69, 9.17) is 0 Å². The van der Waals surface area contributed by atoms with E-state index in [0.717, 1.165) is 36.7 Å². The van der Waals surface area contributed by atoms with Crippen LogP contribution in [0.25, 0.3) is 0 Å². The van der Waals surface area contributed by atoms with E-state index in [1.807, 2.05) is 36.4 Å². The summed E-state index contributed by atoms with van der Waals surface area (Å²) in [6.07, 6.45) is 6.50. The highest BCUT2D eigenvalue weighted by Crippen LogP contribution is 2.24. The molecule has 2 aromatic rings. The number of amides is 2. The predicted octanol–water partition coefficient (Wildman–Crippen LogP) is 3.35. The first-order valence-electron chi connectivity index (χ1n) is 10.3. The van der Waals surface area contributed by atoms with Crippen molar-refractivity contribution in [2.45, 2.75) is 32.6 Å². The fraction of sp³-hybridized carbons (Fsp3) is 0.435. The lowest BCUT2D eigenvalue weighted by Gasteiger charge is -2.32. The monoisotopic (exact) mass is 394 g/mol. The molecular formula is C23H30N4O2. The molecule has 0 atom stereocenters. The summed E-state index contributed by atoms with van der Waals surface area (Å²) >= 11 is 0. The van der Waals surface area contributed by atoms with Crippen LogP contribution >= 0.6 is 0 Å². The van der Waals surface area contributed by atoms with Crippen molar-refractivity contribution < 1.29 is 9.59 Å². The number of piperidine rings is 1. The molecule has 0 radical (unpaired) electrons. The van der Waals surface area contributed by atoms with E-state index in [1.54, 1.807) is 24.3 Å². The van der Waals surface area contributed by atoms with Crippen LogP contribution in [-0.2, 0) is 16.0 Å². The van der Waals surface area contributed by atoms with E-state index in [0.29, 0.717) is 6.54 Å². The summed E-state index contributed by atoms with van der Waals surface area (Å²) in [6, 6.07) is 11.7. The number of likely N-dealkylation sites (N-methyl/N-ethyl adjacent to an activating group) is 1. The van der Waals surface area contributed by atoms with E-state index < -0.39 is 0 Å². The van der Waals surface area contributed by atoms with Gasteiger partial charge in [-0.05, 0) is 67.1 Å². The van der Waals surface area contributed by atoms with Crippen molar-refractivity contribution in [1.29, 1.82) is 0 Å². The minimum absolute atomic E-state index is 0.154. The maximum absolute atomic E-state index is 12.3. The first kappa shape index (κ1) is 20.8. The van der Waals surface area contributed by atoms with Gasteiger partial charge in [0.1, 0.15) is 6.42 Å². The number of nitrogens with one attached hydrogen (secondary N) is 1. The van der Waals surface area contributed by atoms with Crippen LogP contribution in [0.3, 0.4) is 0 Å². The summed E-state index contributed by atoms with van der Waals surface area (Å²) in [6.45, 7) is 5.02. The Morgan fingerprint density at radius 3 is 2.41 bits per heavy atom. The van der Waals surface area contributed by atoms with Crippen LogP contribution in [0.15, 0.2) is 48.8 Å². The number of carbonyl (C=O) groups excluding carboxylic acids is 2. The summed E-state index contributed by atoms with van der Waals surface area (Å²) in [4.78, 5) is 32.5. The van der Waals surface area contributed by atoms with Crippen molar-refractivity contribution in [3.8, 4) is 0 Å². The summed E-state index contributed by atoms with van der Waals surface area (Å²) in [5, 5.41) is 2.83. The molecule has 0 aliphatic carbocycles. The van der Waals surface area contributed by atoms with Crippen molar-refractivity contribution >= 4 is 23.2 Å². The zero-order chi connectivity index (χ0) is 20.6. The lowest BCUT2D eigenvalue weighted by Crippen LogP contribution is -2.32. The molecule has 1 aliphatic heterocycles. The minimum Gasteiger partial charge on any atom is -0.372 e. The topological polar surface area (TPSA) is 65.5 Å². The van der Waals surface area contributed by atoms with Gasteiger partial charge in [-0.15, -0.1) is 0 Å². The van der Waals surface area contributed by atoms with Gasteiger partial charge >= 0.3 is 0 Å². The number of anilines is 2. The van der Waals surface area contributed by atoms with Gasteiger partial charge in [0.25, 0.3) is 0 Å². The normalized spacial score (nSPS) is 14.5. The highest BCUT2D eigenvalue weighted by molar-refractivity contribution is 6.03. The second kappa shape index (κ2) is 10.0. The Bertz CT molecular complexity index is 799. The zero-order valence-electron chi connectivity index (χ0n) is 17.3. The smallest absolute Gasteiger partial charge is 0.233 e. The zero-order valence-corrected chi connectivity index (χ0v) is 17.3. The van der Waals surface area contributed by atoms with E-state index in [2.05, 4.69) is 22.1 Å². The summed E-state index contributed by atoms with van der Waals surface area (Å²) in [7, 11) is 1.73. The van der Waals surface area contributed by atoms with Gasteiger partial charge in [-0.25, -0.2) is 0 Å². The number of carbonyl (C=O) groups is 2. The SMILES string of the molecule is CC1CCN(c2ccc(NC(=O)CC(=O)N(C)CCc3ccncc3)cc2)CC1. The van der Waals surface area contributed by atoms with Gasteiger partial charge in [-0.3, -0.25) is 14.6 Å². The quantitative estimate of drug-likeness (QED) is 0.732. The average molecular weight is 395 g/mol. The van der Waals surface area contributed by atoms with Gasteiger partial charge in [0.15, 0.2) is 0 Å². The number of pyridine rings is 1. The molecule has 6 heteroatoms. The summed E-state index contributed by atoms with van der Waals surface area (Å²) < 4.78 is 0. The van der Waals surface area contributed by atoms with Crippen LogP contribution in [0.1, 0.15) is 31.7 Å². The molecule has 0 saturated carbocycles. The van der Waals surface area contributed by atoms with Crippen LogP contribution in [0.2, 0.25) is 0 Å². The minimum atomic E-state index is -0.287. The number of hydrogen-bond donors (Lipinski definition) is 1. The molecule has 0 bridgehead atoms. The maximum atomic E-state index is 12.3. The third-order valence-corrected chi connectivity index (χ3v) is 5.52. The number of benzene rings is 1. The van der Waals surface area contributed by atoms with E-state index in [-0.39, 0.29) is 18.2 Å². The molecule has 1 aromatic carbocycles. The Kier molecular flexibility index (Phi) is 7.22. The van der Waals surface area contributed by atoms with Crippen molar-refractivity contribution in [1.82, 2.24) is 9.88 Å². The number of nitrogens with zero attached hydrogens (tertiary/aromatic N) is 3. The number of aromatic nitrogens is 1. The molecule has 1 fully saturated rings.